The number of rotatable bonds is 6. The molecule has 0 heterocycles. The highest BCUT2D eigenvalue weighted by Crippen LogP contribution is 2.74. The maximum absolute atomic E-state index is 12.0. The molecular formula is C31H49NO. The molecule has 4 aliphatic carbocycles. The van der Waals surface area contributed by atoms with E-state index in [0.717, 1.165) is 31.5 Å². The number of fused-ring (bicyclic) bond motifs is 4. The molecule has 4 bridgehead atoms. The second kappa shape index (κ2) is 7.49. The normalized spacial score (nSPS) is 40.3. The van der Waals surface area contributed by atoms with E-state index in [1.807, 2.05) is 0 Å². The van der Waals surface area contributed by atoms with Gasteiger partial charge in [-0.25, -0.2) is 0 Å². The Morgan fingerprint density at radius 1 is 0.788 bits per heavy atom. The van der Waals surface area contributed by atoms with Gasteiger partial charge in [0.1, 0.15) is 5.75 Å². The molecule has 184 valence electrons. The number of aromatic hydroxyl groups is 1. The molecule has 0 radical (unpaired) electrons. The standard InChI is InChI=1S/C31H49NO/c1-9-32(10-2)19-20-15-23(25-17-21-11-13-30(25,7)28(21,3)4)27(33)24(16-20)26-18-22-12-14-31(26,8)29(22,5)6/h15-16,21-22,25-26,33H,9-14,17-19H2,1-8H3/t21-,22+,25+,26-,30+,31-. The van der Waals surface area contributed by atoms with Gasteiger partial charge in [0.2, 0.25) is 0 Å². The minimum atomic E-state index is 0.290. The molecule has 0 aliphatic heterocycles. The maximum Gasteiger partial charge on any atom is 0.122 e. The molecule has 0 unspecified atom stereocenters. The topological polar surface area (TPSA) is 23.5 Å². The Balaban J connectivity index is 1.62. The van der Waals surface area contributed by atoms with Crippen molar-refractivity contribution in [3.63, 3.8) is 0 Å². The van der Waals surface area contributed by atoms with Crippen LogP contribution in [-0.4, -0.2) is 23.1 Å². The highest BCUT2D eigenvalue weighted by atomic mass is 16.3. The molecule has 2 heteroatoms. The summed E-state index contributed by atoms with van der Waals surface area (Å²) in [6.45, 7) is 22.8. The van der Waals surface area contributed by atoms with Gasteiger partial charge < -0.3 is 5.11 Å². The average Bonchev–Trinajstić information content (AvgIpc) is 3.29. The summed E-state index contributed by atoms with van der Waals surface area (Å²) >= 11 is 0. The largest absolute Gasteiger partial charge is 0.507 e. The first-order chi connectivity index (χ1) is 15.4. The van der Waals surface area contributed by atoms with Gasteiger partial charge in [0, 0.05) is 6.54 Å². The van der Waals surface area contributed by atoms with Gasteiger partial charge in [0.05, 0.1) is 0 Å². The van der Waals surface area contributed by atoms with Crippen LogP contribution in [0.25, 0.3) is 0 Å². The number of phenols is 1. The summed E-state index contributed by atoms with van der Waals surface area (Å²) in [5.41, 5.74) is 5.30. The van der Waals surface area contributed by atoms with E-state index in [2.05, 4.69) is 72.4 Å². The van der Waals surface area contributed by atoms with Crippen LogP contribution in [0, 0.1) is 33.5 Å². The van der Waals surface area contributed by atoms with Crippen LogP contribution in [0.15, 0.2) is 12.1 Å². The number of nitrogens with zero attached hydrogens (tertiary/aromatic N) is 1. The smallest absolute Gasteiger partial charge is 0.122 e. The average molecular weight is 452 g/mol. The SMILES string of the molecule is CCN(CC)Cc1cc([C@H]2C[C@@H]3CC[C@@]2(C)C3(C)C)c(O)c([C@@H]2C[C@H]3CC[C@]2(C)C3(C)C)c1. The van der Waals surface area contributed by atoms with Gasteiger partial charge >= 0.3 is 0 Å². The lowest BCUT2D eigenvalue weighted by Gasteiger charge is -2.42. The molecule has 4 saturated carbocycles. The van der Waals surface area contributed by atoms with E-state index in [1.165, 1.54) is 55.2 Å². The molecule has 4 fully saturated rings. The first-order valence-electron chi connectivity index (χ1n) is 14.0. The lowest BCUT2D eigenvalue weighted by molar-refractivity contribution is 0.130. The van der Waals surface area contributed by atoms with Crippen molar-refractivity contribution in [2.45, 2.75) is 112 Å². The third kappa shape index (κ3) is 3.01. The third-order valence-corrected chi connectivity index (χ3v) is 12.9. The Labute approximate surface area is 203 Å². The summed E-state index contributed by atoms with van der Waals surface area (Å²) in [5, 5.41) is 12.0. The van der Waals surface area contributed by atoms with E-state index in [9.17, 15) is 5.11 Å². The fourth-order valence-electron chi connectivity index (χ4n) is 9.42. The van der Waals surface area contributed by atoms with Crippen LogP contribution in [0.5, 0.6) is 5.75 Å². The molecule has 6 atom stereocenters. The first-order valence-corrected chi connectivity index (χ1v) is 14.0. The second-order valence-corrected chi connectivity index (χ2v) is 13.9. The first kappa shape index (κ1) is 23.7. The van der Waals surface area contributed by atoms with Gasteiger partial charge in [0.25, 0.3) is 0 Å². The predicted octanol–water partition coefficient (Wildman–Crippen LogP) is 8.09. The highest BCUT2D eigenvalue weighted by Gasteiger charge is 2.63. The molecule has 2 nitrogen and oxygen atoms in total. The van der Waals surface area contributed by atoms with Gasteiger partial charge in [-0.3, -0.25) is 4.90 Å². The molecule has 1 aromatic rings. The van der Waals surface area contributed by atoms with E-state index in [0.29, 0.717) is 28.4 Å². The van der Waals surface area contributed by atoms with Crippen molar-refractivity contribution < 1.29 is 5.11 Å². The van der Waals surface area contributed by atoms with Crippen molar-refractivity contribution in [2.24, 2.45) is 33.5 Å². The summed E-state index contributed by atoms with van der Waals surface area (Å²) in [6, 6.07) is 4.84. The third-order valence-electron chi connectivity index (χ3n) is 12.9. The Morgan fingerprint density at radius 2 is 1.21 bits per heavy atom. The molecular weight excluding hydrogens is 402 g/mol. The van der Waals surface area contributed by atoms with Crippen LogP contribution in [-0.2, 0) is 6.54 Å². The van der Waals surface area contributed by atoms with E-state index in [1.54, 1.807) is 0 Å². The molecule has 1 aromatic carbocycles. The monoisotopic (exact) mass is 451 g/mol. The summed E-state index contributed by atoms with van der Waals surface area (Å²) in [7, 11) is 0. The van der Waals surface area contributed by atoms with Crippen molar-refractivity contribution in [1.82, 2.24) is 4.90 Å². The molecule has 0 spiro atoms. The molecule has 0 saturated heterocycles. The zero-order valence-corrected chi connectivity index (χ0v) is 22.7. The fraction of sp³-hybridized carbons (Fsp3) is 0.806. The van der Waals surface area contributed by atoms with Crippen LogP contribution >= 0.6 is 0 Å². The quantitative estimate of drug-likeness (QED) is 0.472. The van der Waals surface area contributed by atoms with Crippen molar-refractivity contribution in [3.8, 4) is 5.75 Å². The minimum Gasteiger partial charge on any atom is -0.507 e. The van der Waals surface area contributed by atoms with Crippen molar-refractivity contribution in [1.29, 1.82) is 0 Å². The number of phenolic OH excluding ortho intramolecular Hbond substituents is 1. The second-order valence-electron chi connectivity index (χ2n) is 13.9. The highest BCUT2D eigenvalue weighted by molar-refractivity contribution is 5.51. The maximum atomic E-state index is 12.0. The Bertz CT molecular complexity index is 862. The van der Waals surface area contributed by atoms with Gasteiger partial charge in [-0.05, 0) is 114 Å². The Hall–Kier alpha value is -1.02. The number of hydrogen-bond acceptors (Lipinski definition) is 2. The van der Waals surface area contributed by atoms with Crippen LogP contribution in [0.1, 0.15) is 122 Å². The van der Waals surface area contributed by atoms with Crippen molar-refractivity contribution >= 4 is 0 Å². The van der Waals surface area contributed by atoms with Crippen molar-refractivity contribution in [3.05, 3.63) is 28.8 Å². The molecule has 0 amide bonds. The van der Waals surface area contributed by atoms with E-state index in [-0.39, 0.29) is 10.8 Å². The molecule has 33 heavy (non-hydrogen) atoms. The molecule has 0 aromatic heterocycles. The molecule has 1 N–H and O–H groups in total. The van der Waals surface area contributed by atoms with Crippen molar-refractivity contribution in [2.75, 3.05) is 13.1 Å². The zero-order chi connectivity index (χ0) is 24.0. The van der Waals surface area contributed by atoms with Gasteiger partial charge in [0.15, 0.2) is 0 Å². The Kier molecular flexibility index (Phi) is 5.38. The Morgan fingerprint density at radius 3 is 1.52 bits per heavy atom. The fourth-order valence-corrected chi connectivity index (χ4v) is 9.42. The zero-order valence-electron chi connectivity index (χ0n) is 22.7. The van der Waals surface area contributed by atoms with Crippen LogP contribution < -0.4 is 0 Å². The molecule has 5 rings (SSSR count). The van der Waals surface area contributed by atoms with Crippen LogP contribution in [0.2, 0.25) is 0 Å². The van der Waals surface area contributed by atoms with E-state index in [4.69, 9.17) is 0 Å². The summed E-state index contributed by atoms with van der Waals surface area (Å²) < 4.78 is 0. The summed E-state index contributed by atoms with van der Waals surface area (Å²) in [6.07, 6.45) is 7.84. The lowest BCUT2D eigenvalue weighted by atomic mass is 9.63. The van der Waals surface area contributed by atoms with E-state index < -0.39 is 0 Å². The predicted molar refractivity (Wildman–Crippen MR) is 139 cm³/mol. The van der Waals surface area contributed by atoms with Gasteiger partial charge in [-0.15, -0.1) is 0 Å². The van der Waals surface area contributed by atoms with Gasteiger partial charge in [-0.2, -0.15) is 0 Å². The van der Waals surface area contributed by atoms with Crippen LogP contribution in [0.4, 0.5) is 0 Å². The summed E-state index contributed by atoms with van der Waals surface area (Å²) in [5.74, 6) is 3.23. The molecule has 4 aliphatic rings. The number of hydrogen-bond donors (Lipinski definition) is 1. The number of benzene rings is 1. The lowest BCUT2D eigenvalue weighted by Crippen LogP contribution is -2.32. The van der Waals surface area contributed by atoms with Gasteiger partial charge in [-0.1, -0.05) is 67.5 Å². The van der Waals surface area contributed by atoms with Crippen LogP contribution in [0.3, 0.4) is 0 Å². The summed E-state index contributed by atoms with van der Waals surface area (Å²) in [4.78, 5) is 2.53. The minimum absolute atomic E-state index is 0.290. The van der Waals surface area contributed by atoms with E-state index >= 15 is 0 Å².